The third kappa shape index (κ3) is 6.06. The van der Waals surface area contributed by atoms with Crippen LogP contribution < -0.4 is 10.1 Å². The Kier molecular flexibility index (Phi) is 8.27. The van der Waals surface area contributed by atoms with E-state index in [9.17, 15) is 9.90 Å². The van der Waals surface area contributed by atoms with Crippen LogP contribution in [0, 0.1) is 5.92 Å². The van der Waals surface area contributed by atoms with Gasteiger partial charge in [-0.25, -0.2) is 0 Å². The number of carbonyl (C=O) groups excluding carboxylic acids is 1. The molecule has 0 saturated carbocycles. The number of rotatable bonds is 10. The van der Waals surface area contributed by atoms with Gasteiger partial charge in [0.2, 0.25) is 0 Å². The first-order valence-corrected chi connectivity index (χ1v) is 12.3. The van der Waals surface area contributed by atoms with Crippen LogP contribution in [-0.2, 0) is 30.9 Å². The Balaban J connectivity index is 1.48. The number of hydrogen-bond acceptors (Lipinski definition) is 8. The fraction of sp³-hybridized carbons (Fsp3) is 0.500. The van der Waals surface area contributed by atoms with Gasteiger partial charge in [0.05, 0.1) is 13.2 Å². The average Bonchev–Trinajstić information content (AvgIpc) is 3.44. The minimum absolute atomic E-state index is 0.246. The van der Waals surface area contributed by atoms with Crippen LogP contribution in [0.3, 0.4) is 0 Å². The summed E-state index contributed by atoms with van der Waals surface area (Å²) in [4.78, 5) is 15.3. The predicted octanol–water partition coefficient (Wildman–Crippen LogP) is 3.31. The number of ether oxygens (including phenoxy) is 2. The first-order valence-electron chi connectivity index (χ1n) is 12.3. The monoisotopic (exact) mass is 497 g/mol. The minimum atomic E-state index is -0.302. The van der Waals surface area contributed by atoms with Crippen molar-refractivity contribution >= 4 is 5.91 Å². The highest BCUT2D eigenvalue weighted by atomic mass is 16.5. The van der Waals surface area contributed by atoms with Crippen molar-refractivity contribution < 1.29 is 23.8 Å². The van der Waals surface area contributed by atoms with Crippen LogP contribution in [0.25, 0.3) is 0 Å². The minimum Gasteiger partial charge on any atom is -0.508 e. The maximum Gasteiger partial charge on any atom is 0.287 e. The lowest BCUT2D eigenvalue weighted by Crippen LogP contribution is -2.32. The molecule has 194 valence electrons. The zero-order valence-electron chi connectivity index (χ0n) is 21.4. The number of amides is 1. The van der Waals surface area contributed by atoms with Gasteiger partial charge in [-0.15, -0.1) is 10.2 Å². The fourth-order valence-corrected chi connectivity index (χ4v) is 4.51. The molecule has 0 radical (unpaired) electrons. The van der Waals surface area contributed by atoms with Crippen molar-refractivity contribution in [1.82, 2.24) is 25.0 Å². The SMILES string of the molecule is COCc1ccc(C(=O)N[C@H](CC(C)C)c2nnc3n2CCN(Cc2cc(OC)ccc2O)CC3)o1. The van der Waals surface area contributed by atoms with E-state index in [0.717, 1.165) is 48.9 Å². The lowest BCUT2D eigenvalue weighted by atomic mass is 10.0. The molecule has 0 saturated heterocycles. The summed E-state index contributed by atoms with van der Waals surface area (Å²) >= 11 is 0. The smallest absolute Gasteiger partial charge is 0.287 e. The van der Waals surface area contributed by atoms with Crippen molar-refractivity contribution in [1.29, 1.82) is 0 Å². The zero-order valence-corrected chi connectivity index (χ0v) is 21.4. The van der Waals surface area contributed by atoms with E-state index in [0.29, 0.717) is 31.4 Å². The molecule has 1 aliphatic heterocycles. The number of furan rings is 1. The molecule has 1 aromatic carbocycles. The summed E-state index contributed by atoms with van der Waals surface area (Å²) < 4.78 is 18.1. The second kappa shape index (κ2) is 11.6. The van der Waals surface area contributed by atoms with E-state index in [-0.39, 0.29) is 23.5 Å². The van der Waals surface area contributed by atoms with Crippen LogP contribution in [0.5, 0.6) is 11.5 Å². The van der Waals surface area contributed by atoms with Crippen molar-refractivity contribution in [2.24, 2.45) is 5.92 Å². The molecule has 3 aromatic rings. The number of nitrogens with zero attached hydrogens (tertiary/aromatic N) is 4. The molecule has 0 aliphatic carbocycles. The van der Waals surface area contributed by atoms with Gasteiger partial charge in [-0.3, -0.25) is 9.69 Å². The number of hydrogen-bond donors (Lipinski definition) is 2. The van der Waals surface area contributed by atoms with Crippen LogP contribution in [0.2, 0.25) is 0 Å². The maximum atomic E-state index is 13.0. The number of phenolic OH excluding ortho intramolecular Hbond substituents is 1. The van der Waals surface area contributed by atoms with Crippen LogP contribution in [0.15, 0.2) is 34.7 Å². The molecule has 10 heteroatoms. The summed E-state index contributed by atoms with van der Waals surface area (Å²) in [6.45, 7) is 7.37. The number of nitrogens with one attached hydrogen (secondary N) is 1. The van der Waals surface area contributed by atoms with Gasteiger partial charge in [0.15, 0.2) is 11.6 Å². The molecular formula is C26H35N5O5. The van der Waals surface area contributed by atoms with Gasteiger partial charge in [0.25, 0.3) is 5.91 Å². The number of fused-ring (bicyclic) bond motifs is 1. The molecule has 0 spiro atoms. The Labute approximate surface area is 211 Å². The highest BCUT2D eigenvalue weighted by Crippen LogP contribution is 2.26. The molecule has 36 heavy (non-hydrogen) atoms. The number of carbonyl (C=O) groups is 1. The number of methoxy groups -OCH3 is 2. The highest BCUT2D eigenvalue weighted by molar-refractivity contribution is 5.91. The second-order valence-electron chi connectivity index (χ2n) is 9.50. The third-order valence-electron chi connectivity index (χ3n) is 6.32. The quantitative estimate of drug-likeness (QED) is 0.438. The topological polar surface area (TPSA) is 115 Å². The van der Waals surface area contributed by atoms with E-state index >= 15 is 0 Å². The van der Waals surface area contributed by atoms with Crippen LogP contribution in [0.1, 0.15) is 59.8 Å². The van der Waals surface area contributed by atoms with E-state index in [2.05, 4.69) is 38.8 Å². The molecule has 0 fully saturated rings. The molecule has 10 nitrogen and oxygen atoms in total. The first-order chi connectivity index (χ1) is 17.4. The van der Waals surface area contributed by atoms with Gasteiger partial charge in [-0.05, 0) is 42.7 Å². The molecular weight excluding hydrogens is 462 g/mol. The average molecular weight is 498 g/mol. The molecule has 4 rings (SSSR count). The Hall–Kier alpha value is -3.37. The summed E-state index contributed by atoms with van der Waals surface area (Å²) in [5.74, 6) is 3.51. The van der Waals surface area contributed by atoms with Crippen LogP contribution in [-0.4, -0.2) is 58.0 Å². The maximum absolute atomic E-state index is 13.0. The largest absolute Gasteiger partial charge is 0.508 e. The van der Waals surface area contributed by atoms with Gasteiger partial charge < -0.3 is 28.9 Å². The van der Waals surface area contributed by atoms with Crippen molar-refractivity contribution in [3.05, 3.63) is 59.1 Å². The Bertz CT molecular complexity index is 1170. The number of phenols is 1. The number of benzene rings is 1. The molecule has 0 unspecified atom stereocenters. The fourth-order valence-electron chi connectivity index (χ4n) is 4.51. The molecule has 2 aromatic heterocycles. The lowest BCUT2D eigenvalue weighted by molar-refractivity contribution is 0.0892. The molecule has 3 heterocycles. The first kappa shape index (κ1) is 25.7. The van der Waals surface area contributed by atoms with Gasteiger partial charge in [0, 0.05) is 45.3 Å². The summed E-state index contributed by atoms with van der Waals surface area (Å²) in [6.07, 6.45) is 1.44. The Morgan fingerprint density at radius 1 is 1.17 bits per heavy atom. The normalized spacial score (nSPS) is 14.9. The van der Waals surface area contributed by atoms with Crippen LogP contribution in [0.4, 0.5) is 0 Å². The predicted molar refractivity (Wildman–Crippen MR) is 133 cm³/mol. The Morgan fingerprint density at radius 2 is 2.00 bits per heavy atom. The van der Waals surface area contributed by atoms with Crippen LogP contribution >= 0.6 is 0 Å². The van der Waals surface area contributed by atoms with E-state index in [1.165, 1.54) is 0 Å². The van der Waals surface area contributed by atoms with E-state index in [4.69, 9.17) is 13.9 Å². The summed E-state index contributed by atoms with van der Waals surface area (Å²) in [5.41, 5.74) is 0.823. The van der Waals surface area contributed by atoms with Gasteiger partial charge >= 0.3 is 0 Å². The Morgan fingerprint density at radius 3 is 2.75 bits per heavy atom. The van der Waals surface area contributed by atoms with Crippen molar-refractivity contribution in [3.8, 4) is 11.5 Å². The summed E-state index contributed by atoms with van der Waals surface area (Å²) in [6, 6.07) is 8.38. The molecule has 1 atom stereocenters. The third-order valence-corrected chi connectivity index (χ3v) is 6.32. The molecule has 1 aliphatic rings. The lowest BCUT2D eigenvalue weighted by Gasteiger charge is -2.22. The summed E-state index contributed by atoms with van der Waals surface area (Å²) in [5, 5.41) is 22.4. The second-order valence-corrected chi connectivity index (χ2v) is 9.50. The molecule has 1 amide bonds. The zero-order chi connectivity index (χ0) is 25.7. The van der Waals surface area contributed by atoms with E-state index in [1.807, 2.05) is 6.07 Å². The van der Waals surface area contributed by atoms with Crippen molar-refractivity contribution in [2.75, 3.05) is 27.3 Å². The van der Waals surface area contributed by atoms with Gasteiger partial charge in [0.1, 0.15) is 29.7 Å². The van der Waals surface area contributed by atoms with Gasteiger partial charge in [-0.1, -0.05) is 13.8 Å². The van der Waals surface area contributed by atoms with Crippen molar-refractivity contribution in [3.63, 3.8) is 0 Å². The van der Waals surface area contributed by atoms with E-state index < -0.39 is 0 Å². The number of aromatic nitrogens is 3. The molecule has 2 N–H and O–H groups in total. The van der Waals surface area contributed by atoms with Crippen molar-refractivity contribution in [2.45, 2.75) is 52.4 Å². The van der Waals surface area contributed by atoms with Gasteiger partial charge in [-0.2, -0.15) is 0 Å². The number of aromatic hydroxyl groups is 1. The summed E-state index contributed by atoms with van der Waals surface area (Å²) in [7, 11) is 3.20. The standard InChI is InChI=1S/C26H35N5O5/c1-17(2)13-21(27-26(33)23-8-6-20(36-23)16-34-3)25-29-28-24-9-10-30(11-12-31(24)25)15-18-14-19(35-4)5-7-22(18)32/h5-8,14,17,21,32H,9-13,15-16H2,1-4H3,(H,27,33)/t21-/m1/s1. The van der Waals surface area contributed by atoms with E-state index in [1.54, 1.807) is 38.5 Å². The molecule has 0 bridgehead atoms. The highest BCUT2D eigenvalue weighted by Gasteiger charge is 2.27.